The van der Waals surface area contributed by atoms with Crippen molar-refractivity contribution in [2.24, 2.45) is 0 Å². The van der Waals surface area contributed by atoms with Gasteiger partial charge in [0.25, 0.3) is 0 Å². The second kappa shape index (κ2) is 7.75. The summed E-state index contributed by atoms with van der Waals surface area (Å²) in [5.74, 6) is 1.31. The van der Waals surface area contributed by atoms with Crippen molar-refractivity contribution in [3.8, 4) is 22.8 Å². The minimum absolute atomic E-state index is 0.0890. The van der Waals surface area contributed by atoms with Gasteiger partial charge in [0.2, 0.25) is 0 Å². The Kier molecular flexibility index (Phi) is 5.15. The maximum atomic E-state index is 9.98. The number of nitrogens with zero attached hydrogens (tertiary/aromatic N) is 3. The van der Waals surface area contributed by atoms with Crippen molar-refractivity contribution in [3.05, 3.63) is 64.5 Å². The molecule has 0 aliphatic rings. The first kappa shape index (κ1) is 19.3. The molecular weight excluding hydrogens is 432 g/mol. The van der Waals surface area contributed by atoms with Crippen molar-refractivity contribution in [2.75, 3.05) is 12.4 Å². The van der Waals surface area contributed by atoms with E-state index in [-0.39, 0.29) is 5.75 Å². The number of benzene rings is 2. The van der Waals surface area contributed by atoms with Crippen LogP contribution in [-0.4, -0.2) is 26.6 Å². The van der Waals surface area contributed by atoms with Crippen LogP contribution in [-0.2, 0) is 6.42 Å². The summed E-state index contributed by atoms with van der Waals surface area (Å²) in [5, 5.41) is 13.6. The number of para-hydroxylation sites is 1. The summed E-state index contributed by atoms with van der Waals surface area (Å²) in [6.07, 6.45) is 4.51. The van der Waals surface area contributed by atoms with Crippen molar-refractivity contribution in [3.63, 3.8) is 0 Å². The summed E-state index contributed by atoms with van der Waals surface area (Å²) in [4.78, 5) is 9.09. The molecule has 6 nitrogen and oxygen atoms in total. The predicted octanol–water partition coefficient (Wildman–Crippen LogP) is 5.49. The second-order valence-corrected chi connectivity index (χ2v) is 7.53. The number of imidazole rings is 1. The standard InChI is InChI=1S/C22H21BrN4O2/c1-4-14-7-5-6-13(2)20(14)26-22-21(15-8-9-16(28)17(10-15)29-3)25-19-11-24-18(23)12-27(19)22/h5-12,26,28H,4H2,1-3H3. The molecule has 0 unspecified atom stereocenters. The molecule has 2 aromatic heterocycles. The topological polar surface area (TPSA) is 71.7 Å². The van der Waals surface area contributed by atoms with Gasteiger partial charge in [-0.2, -0.15) is 0 Å². The van der Waals surface area contributed by atoms with Gasteiger partial charge in [-0.3, -0.25) is 4.40 Å². The first-order valence-corrected chi connectivity index (χ1v) is 10.1. The molecule has 0 bridgehead atoms. The van der Waals surface area contributed by atoms with E-state index in [2.05, 4.69) is 58.3 Å². The summed E-state index contributed by atoms with van der Waals surface area (Å²) in [7, 11) is 1.53. The summed E-state index contributed by atoms with van der Waals surface area (Å²) >= 11 is 3.45. The Labute approximate surface area is 177 Å². The largest absolute Gasteiger partial charge is 0.504 e. The van der Waals surface area contributed by atoms with Crippen molar-refractivity contribution in [1.82, 2.24) is 14.4 Å². The molecule has 0 saturated carbocycles. The zero-order valence-corrected chi connectivity index (χ0v) is 18.0. The van der Waals surface area contributed by atoms with E-state index in [1.165, 1.54) is 12.7 Å². The zero-order valence-electron chi connectivity index (χ0n) is 16.4. The number of halogens is 1. The van der Waals surface area contributed by atoms with E-state index >= 15 is 0 Å². The zero-order chi connectivity index (χ0) is 20.5. The van der Waals surface area contributed by atoms with Crippen LogP contribution in [0.15, 0.2) is 53.4 Å². The molecular formula is C22H21BrN4O2. The number of fused-ring (bicyclic) bond motifs is 1. The molecule has 4 rings (SSSR count). The number of aromatic nitrogens is 3. The van der Waals surface area contributed by atoms with E-state index in [1.807, 2.05) is 16.7 Å². The third-order valence-electron chi connectivity index (χ3n) is 4.91. The van der Waals surface area contributed by atoms with Gasteiger partial charge in [0.1, 0.15) is 16.1 Å². The number of nitrogens with one attached hydrogen (secondary N) is 1. The van der Waals surface area contributed by atoms with Gasteiger partial charge in [0.05, 0.1) is 13.3 Å². The highest BCUT2D eigenvalue weighted by atomic mass is 79.9. The fourth-order valence-corrected chi connectivity index (χ4v) is 3.70. The van der Waals surface area contributed by atoms with Gasteiger partial charge in [0, 0.05) is 17.4 Å². The van der Waals surface area contributed by atoms with E-state index in [0.717, 1.165) is 34.7 Å². The number of rotatable bonds is 5. The van der Waals surface area contributed by atoms with Crippen LogP contribution in [0.5, 0.6) is 11.5 Å². The number of aromatic hydroxyl groups is 1. The Balaban J connectivity index is 1.95. The molecule has 29 heavy (non-hydrogen) atoms. The van der Waals surface area contributed by atoms with Crippen LogP contribution in [0.4, 0.5) is 11.5 Å². The third-order valence-corrected chi connectivity index (χ3v) is 5.32. The van der Waals surface area contributed by atoms with Gasteiger partial charge in [-0.15, -0.1) is 0 Å². The van der Waals surface area contributed by atoms with Gasteiger partial charge < -0.3 is 15.2 Å². The number of anilines is 2. The molecule has 7 heteroatoms. The molecule has 4 aromatic rings. The highest BCUT2D eigenvalue weighted by molar-refractivity contribution is 9.10. The van der Waals surface area contributed by atoms with Crippen LogP contribution in [0.1, 0.15) is 18.1 Å². The molecule has 0 spiro atoms. The van der Waals surface area contributed by atoms with Crippen LogP contribution in [0.3, 0.4) is 0 Å². The van der Waals surface area contributed by atoms with Crippen LogP contribution in [0, 0.1) is 6.92 Å². The smallest absolute Gasteiger partial charge is 0.161 e. The average Bonchev–Trinajstić information content (AvgIpc) is 3.07. The van der Waals surface area contributed by atoms with Gasteiger partial charge >= 0.3 is 0 Å². The molecule has 0 fully saturated rings. The van der Waals surface area contributed by atoms with Crippen molar-refractivity contribution in [1.29, 1.82) is 0 Å². The Bertz CT molecular complexity index is 1200. The van der Waals surface area contributed by atoms with Gasteiger partial charge in [-0.05, 0) is 58.6 Å². The fraction of sp³-hybridized carbons (Fsp3) is 0.182. The first-order chi connectivity index (χ1) is 14.0. The second-order valence-electron chi connectivity index (χ2n) is 6.72. The fourth-order valence-electron chi connectivity index (χ4n) is 3.40. The lowest BCUT2D eigenvalue weighted by Crippen LogP contribution is -2.02. The number of aryl methyl sites for hydroxylation is 2. The Morgan fingerprint density at radius 3 is 2.83 bits per heavy atom. The lowest BCUT2D eigenvalue weighted by atomic mass is 10.1. The van der Waals surface area contributed by atoms with Crippen LogP contribution < -0.4 is 10.1 Å². The lowest BCUT2D eigenvalue weighted by molar-refractivity contribution is 0.373. The number of hydrogen-bond acceptors (Lipinski definition) is 5. The SMILES string of the molecule is CCc1cccc(C)c1Nc1c(-c2ccc(O)c(OC)c2)nc2cnc(Br)cn12. The maximum absolute atomic E-state index is 9.98. The van der Waals surface area contributed by atoms with Crippen LogP contribution >= 0.6 is 15.9 Å². The predicted molar refractivity (Wildman–Crippen MR) is 118 cm³/mol. The number of phenolic OH excluding ortho intramolecular Hbond substituents is 1. The van der Waals surface area contributed by atoms with E-state index in [0.29, 0.717) is 16.0 Å². The molecule has 0 atom stereocenters. The normalized spacial score (nSPS) is 11.0. The highest BCUT2D eigenvalue weighted by Gasteiger charge is 2.18. The summed E-state index contributed by atoms with van der Waals surface area (Å²) in [6.45, 7) is 4.23. The quantitative estimate of drug-likeness (QED) is 0.418. The molecule has 2 aromatic carbocycles. The van der Waals surface area contributed by atoms with Crippen molar-refractivity contribution < 1.29 is 9.84 Å². The summed E-state index contributed by atoms with van der Waals surface area (Å²) in [6, 6.07) is 11.5. The number of hydrogen-bond donors (Lipinski definition) is 2. The Hall–Kier alpha value is -3.06. The minimum Gasteiger partial charge on any atom is -0.504 e. The molecule has 0 aliphatic heterocycles. The average molecular weight is 453 g/mol. The summed E-state index contributed by atoms with van der Waals surface area (Å²) in [5.41, 5.74) is 5.73. The third kappa shape index (κ3) is 3.53. The molecule has 0 amide bonds. The van der Waals surface area contributed by atoms with Gasteiger partial charge in [-0.25, -0.2) is 9.97 Å². The first-order valence-electron chi connectivity index (χ1n) is 9.28. The van der Waals surface area contributed by atoms with Crippen LogP contribution in [0.2, 0.25) is 0 Å². The molecule has 0 radical (unpaired) electrons. The van der Waals surface area contributed by atoms with E-state index in [1.54, 1.807) is 18.3 Å². The number of ether oxygens (including phenoxy) is 1. The van der Waals surface area contributed by atoms with Crippen LogP contribution in [0.25, 0.3) is 16.9 Å². The molecule has 0 aliphatic carbocycles. The number of methoxy groups -OCH3 is 1. The summed E-state index contributed by atoms with van der Waals surface area (Å²) < 4.78 is 7.97. The van der Waals surface area contributed by atoms with Gasteiger partial charge in [-0.1, -0.05) is 25.1 Å². The lowest BCUT2D eigenvalue weighted by Gasteiger charge is -2.15. The molecule has 0 saturated heterocycles. The molecule has 148 valence electrons. The Morgan fingerprint density at radius 2 is 2.07 bits per heavy atom. The molecule has 2 N–H and O–H groups in total. The van der Waals surface area contributed by atoms with E-state index < -0.39 is 0 Å². The van der Waals surface area contributed by atoms with E-state index in [4.69, 9.17) is 9.72 Å². The van der Waals surface area contributed by atoms with Crippen molar-refractivity contribution >= 4 is 33.1 Å². The van der Waals surface area contributed by atoms with E-state index in [9.17, 15) is 5.11 Å². The number of phenols is 1. The Morgan fingerprint density at radius 1 is 1.24 bits per heavy atom. The highest BCUT2D eigenvalue weighted by Crippen LogP contribution is 2.37. The maximum Gasteiger partial charge on any atom is 0.161 e. The molecule has 2 heterocycles. The van der Waals surface area contributed by atoms with Gasteiger partial charge in [0.15, 0.2) is 17.1 Å². The monoisotopic (exact) mass is 452 g/mol. The van der Waals surface area contributed by atoms with Crippen molar-refractivity contribution in [2.45, 2.75) is 20.3 Å². The minimum atomic E-state index is 0.0890.